The van der Waals surface area contributed by atoms with Gasteiger partial charge >= 0.3 is 23.9 Å². The number of esters is 4. The summed E-state index contributed by atoms with van der Waals surface area (Å²) >= 11 is 0. The summed E-state index contributed by atoms with van der Waals surface area (Å²) in [5.74, 6) is -6.71. The van der Waals surface area contributed by atoms with Crippen LogP contribution in [0.5, 0.6) is 0 Å². The highest BCUT2D eigenvalue weighted by atomic mass is 16.6. The first kappa shape index (κ1) is 6.96. The van der Waals surface area contributed by atoms with E-state index in [-0.39, 0.29) is 0 Å². The van der Waals surface area contributed by atoms with Gasteiger partial charge < -0.3 is 9.47 Å². The Morgan fingerprint density at radius 1 is 0.667 bits per heavy atom. The van der Waals surface area contributed by atoms with Gasteiger partial charge in [0.25, 0.3) is 0 Å². The van der Waals surface area contributed by atoms with E-state index in [1.807, 2.05) is 0 Å². The molecule has 0 N–H and O–H groups in total. The van der Waals surface area contributed by atoms with Crippen LogP contribution in [0, 0.1) is 11.8 Å². The summed E-state index contributed by atoms with van der Waals surface area (Å²) in [6.07, 6.45) is 0. The molecule has 12 heavy (non-hydrogen) atoms. The predicted molar refractivity (Wildman–Crippen MR) is 29.2 cm³/mol. The molecular formula is C6H2O6. The van der Waals surface area contributed by atoms with Crippen LogP contribution in [-0.4, -0.2) is 23.9 Å². The van der Waals surface area contributed by atoms with E-state index in [1.165, 1.54) is 0 Å². The molecule has 6 heteroatoms. The zero-order valence-electron chi connectivity index (χ0n) is 5.60. The number of carbonyl (C=O) groups excluding carboxylic acids is 4. The molecule has 0 unspecified atom stereocenters. The largest absolute Gasteiger partial charge is 0.392 e. The summed E-state index contributed by atoms with van der Waals surface area (Å²) in [5.41, 5.74) is 0. The van der Waals surface area contributed by atoms with Crippen LogP contribution in [0.2, 0.25) is 0 Å². The Morgan fingerprint density at radius 3 is 1.17 bits per heavy atom. The maximum Gasteiger partial charge on any atom is 0.329 e. The monoisotopic (exact) mass is 170 g/mol. The summed E-state index contributed by atoms with van der Waals surface area (Å²) in [4.78, 5) is 42.9. The summed E-state index contributed by atoms with van der Waals surface area (Å²) < 4.78 is 8.14. The van der Waals surface area contributed by atoms with Crippen LogP contribution in [0.4, 0.5) is 0 Å². The third-order valence-electron chi connectivity index (χ3n) is 1.75. The van der Waals surface area contributed by atoms with E-state index in [0.29, 0.717) is 0 Å². The van der Waals surface area contributed by atoms with Crippen molar-refractivity contribution >= 4 is 23.9 Å². The molecular weight excluding hydrogens is 168 g/mol. The molecule has 0 saturated carbocycles. The van der Waals surface area contributed by atoms with Crippen LogP contribution in [-0.2, 0) is 28.7 Å². The van der Waals surface area contributed by atoms with Gasteiger partial charge in [-0.05, 0) is 0 Å². The van der Waals surface area contributed by atoms with Gasteiger partial charge in [-0.15, -0.1) is 0 Å². The second-order valence-electron chi connectivity index (χ2n) is 2.44. The van der Waals surface area contributed by atoms with Crippen molar-refractivity contribution in [3.05, 3.63) is 0 Å². The standard InChI is InChI=1S/C6H2O6/c7-3-1-2(5(9)11-3)6(10)12-4(1)8/h1-2H. The van der Waals surface area contributed by atoms with Crippen LogP contribution < -0.4 is 0 Å². The van der Waals surface area contributed by atoms with Gasteiger partial charge in [0.05, 0.1) is 0 Å². The minimum Gasteiger partial charge on any atom is -0.392 e. The summed E-state index contributed by atoms with van der Waals surface area (Å²) in [7, 11) is 0. The Morgan fingerprint density at radius 2 is 0.917 bits per heavy atom. The molecule has 0 spiro atoms. The molecule has 0 atom stereocenters. The summed E-state index contributed by atoms with van der Waals surface area (Å²) in [6.45, 7) is 0. The lowest BCUT2D eigenvalue weighted by molar-refractivity contribution is -0.162. The quantitative estimate of drug-likeness (QED) is 0.321. The van der Waals surface area contributed by atoms with E-state index >= 15 is 0 Å². The lowest BCUT2D eigenvalue weighted by Crippen LogP contribution is -2.19. The Balaban J connectivity index is 2.45. The van der Waals surface area contributed by atoms with Crippen molar-refractivity contribution in [2.45, 2.75) is 0 Å². The number of hydrogen-bond acceptors (Lipinski definition) is 6. The molecule has 2 aliphatic heterocycles. The molecule has 6 nitrogen and oxygen atoms in total. The normalized spacial score (nSPS) is 33.3. The van der Waals surface area contributed by atoms with Crippen LogP contribution in [0.3, 0.4) is 0 Å². The zero-order valence-corrected chi connectivity index (χ0v) is 5.60. The van der Waals surface area contributed by atoms with E-state index in [1.54, 1.807) is 0 Å². The molecule has 0 aromatic carbocycles. The van der Waals surface area contributed by atoms with Gasteiger partial charge in [-0.25, -0.2) is 0 Å². The van der Waals surface area contributed by atoms with Crippen molar-refractivity contribution in [3.8, 4) is 0 Å². The molecule has 0 aromatic rings. The fraction of sp³-hybridized carbons (Fsp3) is 0.333. The van der Waals surface area contributed by atoms with Crippen LogP contribution in [0.25, 0.3) is 0 Å². The minimum absolute atomic E-state index is 0.999. The summed E-state index contributed by atoms with van der Waals surface area (Å²) in [6, 6.07) is 0. The highest BCUT2D eigenvalue weighted by Gasteiger charge is 2.60. The molecule has 0 aromatic heterocycles. The Hall–Kier alpha value is -1.72. The van der Waals surface area contributed by atoms with Crippen molar-refractivity contribution in [3.63, 3.8) is 0 Å². The third kappa shape index (κ3) is 0.635. The smallest absolute Gasteiger partial charge is 0.329 e. The van der Waals surface area contributed by atoms with Gasteiger partial charge in [0.15, 0.2) is 11.8 Å². The van der Waals surface area contributed by atoms with E-state index in [4.69, 9.17) is 0 Å². The molecule has 2 saturated heterocycles. The third-order valence-corrected chi connectivity index (χ3v) is 1.75. The highest BCUT2D eigenvalue weighted by molar-refractivity contribution is 6.21. The number of carbonyl (C=O) groups is 4. The number of cyclic esters (lactones) is 4. The van der Waals surface area contributed by atoms with Crippen LogP contribution >= 0.6 is 0 Å². The first-order valence-electron chi connectivity index (χ1n) is 3.12. The molecule has 0 bridgehead atoms. The summed E-state index contributed by atoms with van der Waals surface area (Å²) in [5, 5.41) is 0. The van der Waals surface area contributed by atoms with Gasteiger partial charge in [0.1, 0.15) is 0 Å². The predicted octanol–water partition coefficient (Wildman–Crippen LogP) is -1.61. The lowest BCUT2D eigenvalue weighted by atomic mass is 9.98. The van der Waals surface area contributed by atoms with E-state index in [2.05, 4.69) is 9.47 Å². The molecule has 2 heterocycles. The molecule has 0 aliphatic carbocycles. The minimum atomic E-state index is -1.36. The van der Waals surface area contributed by atoms with Crippen molar-refractivity contribution in [2.24, 2.45) is 11.8 Å². The Kier molecular flexibility index (Phi) is 1.10. The van der Waals surface area contributed by atoms with Crippen molar-refractivity contribution in [1.29, 1.82) is 0 Å². The van der Waals surface area contributed by atoms with Gasteiger partial charge in [-0.1, -0.05) is 0 Å². The molecule has 2 aliphatic rings. The van der Waals surface area contributed by atoms with E-state index in [0.717, 1.165) is 0 Å². The van der Waals surface area contributed by atoms with Crippen molar-refractivity contribution in [2.75, 3.05) is 0 Å². The van der Waals surface area contributed by atoms with Crippen molar-refractivity contribution < 1.29 is 28.7 Å². The Bertz CT molecular complexity index is 256. The van der Waals surface area contributed by atoms with Crippen LogP contribution in [0.1, 0.15) is 0 Å². The van der Waals surface area contributed by atoms with E-state index in [9.17, 15) is 19.2 Å². The number of rotatable bonds is 0. The average Bonchev–Trinajstić information content (AvgIpc) is 2.38. The lowest BCUT2D eigenvalue weighted by Gasteiger charge is -1.92. The zero-order chi connectivity index (χ0) is 8.88. The van der Waals surface area contributed by atoms with Gasteiger partial charge in [0.2, 0.25) is 0 Å². The maximum absolute atomic E-state index is 10.7. The molecule has 62 valence electrons. The van der Waals surface area contributed by atoms with Gasteiger partial charge in [0, 0.05) is 0 Å². The number of ether oxygens (including phenoxy) is 2. The maximum atomic E-state index is 10.7. The van der Waals surface area contributed by atoms with Crippen LogP contribution in [0.15, 0.2) is 0 Å². The van der Waals surface area contributed by atoms with Gasteiger partial charge in [-0.3, -0.25) is 19.2 Å². The first-order chi connectivity index (χ1) is 5.61. The fourth-order valence-electron chi connectivity index (χ4n) is 1.19. The fourth-order valence-corrected chi connectivity index (χ4v) is 1.19. The number of hydrogen-bond donors (Lipinski definition) is 0. The average molecular weight is 170 g/mol. The Labute approximate surface area is 65.4 Å². The first-order valence-corrected chi connectivity index (χ1v) is 3.12. The molecule has 2 rings (SSSR count). The topological polar surface area (TPSA) is 86.7 Å². The van der Waals surface area contributed by atoms with Crippen molar-refractivity contribution in [1.82, 2.24) is 0 Å². The highest BCUT2D eigenvalue weighted by Crippen LogP contribution is 2.31. The molecule has 0 amide bonds. The van der Waals surface area contributed by atoms with E-state index < -0.39 is 35.7 Å². The second kappa shape index (κ2) is 1.90. The number of fused-ring (bicyclic) bond motifs is 1. The molecule has 2 fully saturated rings. The second-order valence-corrected chi connectivity index (χ2v) is 2.44. The SMILES string of the molecule is O=C1OC(=O)C2C(=O)OC(=O)C12. The van der Waals surface area contributed by atoms with Gasteiger partial charge in [-0.2, -0.15) is 0 Å². The molecule has 0 radical (unpaired) electrons.